The number of nitrogen functional groups attached to an aromatic ring is 3. The first kappa shape index (κ1) is 13.0. The largest absolute Gasteiger partial charge is 0.508 e. The molecular weight excluding hydrogens is 242 g/mol. The quantitative estimate of drug-likeness (QED) is 0.421. The van der Waals surface area contributed by atoms with Gasteiger partial charge < -0.3 is 27.4 Å². The van der Waals surface area contributed by atoms with Crippen LogP contribution in [-0.4, -0.2) is 16.8 Å². The first-order valence-electron chi connectivity index (χ1n) is 5.90. The molecule has 5 nitrogen and oxygen atoms in total. The lowest BCUT2D eigenvalue weighted by atomic mass is 9.94. The zero-order valence-corrected chi connectivity index (χ0v) is 10.4. The molecule has 0 heterocycles. The van der Waals surface area contributed by atoms with Crippen LogP contribution in [0.25, 0.3) is 11.1 Å². The molecule has 2 aromatic carbocycles. The van der Waals surface area contributed by atoms with Crippen molar-refractivity contribution in [2.75, 3.05) is 23.8 Å². The smallest absolute Gasteiger partial charge is 0.116 e. The Balaban J connectivity index is 2.69. The van der Waals surface area contributed by atoms with Crippen LogP contribution in [-0.2, 0) is 6.42 Å². The first-order valence-corrected chi connectivity index (χ1v) is 5.90. The van der Waals surface area contributed by atoms with Crippen molar-refractivity contribution in [3.8, 4) is 16.9 Å². The Kier molecular flexibility index (Phi) is 3.48. The number of aliphatic hydroxyl groups is 1. The minimum absolute atomic E-state index is 0.0279. The highest BCUT2D eigenvalue weighted by molar-refractivity contribution is 5.84. The Bertz CT molecular complexity index is 612. The monoisotopic (exact) mass is 259 g/mol. The number of aliphatic hydroxyl groups excluding tert-OH is 1. The van der Waals surface area contributed by atoms with Gasteiger partial charge in [0, 0.05) is 29.2 Å². The lowest BCUT2D eigenvalue weighted by Gasteiger charge is -2.15. The molecule has 0 aliphatic rings. The van der Waals surface area contributed by atoms with Crippen LogP contribution in [0.3, 0.4) is 0 Å². The van der Waals surface area contributed by atoms with Crippen LogP contribution in [0.15, 0.2) is 30.3 Å². The molecule has 8 N–H and O–H groups in total. The molecule has 0 saturated carbocycles. The van der Waals surface area contributed by atoms with Gasteiger partial charge in [-0.25, -0.2) is 0 Å². The van der Waals surface area contributed by atoms with Crippen molar-refractivity contribution in [1.29, 1.82) is 0 Å². The van der Waals surface area contributed by atoms with Gasteiger partial charge in [-0.1, -0.05) is 0 Å². The topological polar surface area (TPSA) is 119 Å². The number of phenolic OH excluding ortho intramolecular Hbond substituents is 1. The molecule has 5 heteroatoms. The summed E-state index contributed by atoms with van der Waals surface area (Å²) in [6, 6.07) is 8.08. The maximum Gasteiger partial charge on any atom is 0.116 e. The molecule has 0 aromatic heterocycles. The van der Waals surface area contributed by atoms with E-state index < -0.39 is 0 Å². The van der Waals surface area contributed by atoms with Gasteiger partial charge in [0.15, 0.2) is 0 Å². The minimum atomic E-state index is -0.0279. The van der Waals surface area contributed by atoms with Gasteiger partial charge in [0.25, 0.3) is 0 Å². The van der Waals surface area contributed by atoms with E-state index in [2.05, 4.69) is 0 Å². The van der Waals surface area contributed by atoms with Crippen LogP contribution < -0.4 is 17.2 Å². The van der Waals surface area contributed by atoms with Crippen LogP contribution in [0.4, 0.5) is 17.1 Å². The number of aromatic hydroxyl groups is 1. The molecule has 0 aliphatic heterocycles. The zero-order valence-electron chi connectivity index (χ0n) is 10.4. The zero-order chi connectivity index (χ0) is 14.0. The Morgan fingerprint density at radius 1 is 0.895 bits per heavy atom. The fourth-order valence-electron chi connectivity index (χ4n) is 2.13. The summed E-state index contributed by atoms with van der Waals surface area (Å²) in [5, 5.41) is 18.7. The van der Waals surface area contributed by atoms with Gasteiger partial charge in [0.1, 0.15) is 5.75 Å². The summed E-state index contributed by atoms with van der Waals surface area (Å²) in [6.07, 6.45) is 0.399. The molecule has 0 spiro atoms. The number of phenols is 1. The van der Waals surface area contributed by atoms with Crippen LogP contribution in [0.2, 0.25) is 0 Å². The van der Waals surface area contributed by atoms with E-state index in [9.17, 15) is 5.11 Å². The van der Waals surface area contributed by atoms with E-state index >= 15 is 0 Å². The van der Waals surface area contributed by atoms with Gasteiger partial charge in [-0.3, -0.25) is 0 Å². The molecule has 0 atom stereocenters. The number of benzene rings is 2. The van der Waals surface area contributed by atoms with Gasteiger partial charge in [0.2, 0.25) is 0 Å². The minimum Gasteiger partial charge on any atom is -0.508 e. The Morgan fingerprint density at radius 2 is 1.63 bits per heavy atom. The standard InChI is InChI=1S/C14H17N3O2/c15-8-5-11(10(3-4-18)14(17)6-8)12-7-9(19)1-2-13(12)16/h1-2,5-7,18-19H,3-4,15-17H2. The SMILES string of the molecule is Nc1cc(N)c(CCO)c(-c2cc(O)ccc2N)c1. The number of hydrogen-bond acceptors (Lipinski definition) is 5. The number of nitrogens with two attached hydrogens (primary N) is 3. The van der Waals surface area contributed by atoms with E-state index in [1.54, 1.807) is 24.3 Å². The van der Waals surface area contributed by atoms with Gasteiger partial charge >= 0.3 is 0 Å². The fourth-order valence-corrected chi connectivity index (χ4v) is 2.13. The number of hydrogen-bond donors (Lipinski definition) is 5. The second-order valence-electron chi connectivity index (χ2n) is 4.38. The van der Waals surface area contributed by atoms with Gasteiger partial charge in [-0.15, -0.1) is 0 Å². The summed E-state index contributed by atoms with van der Waals surface area (Å²) >= 11 is 0. The second kappa shape index (κ2) is 5.07. The molecule has 0 aliphatic carbocycles. The molecule has 0 fully saturated rings. The molecule has 2 rings (SSSR count). The van der Waals surface area contributed by atoms with E-state index in [-0.39, 0.29) is 12.4 Å². The fraction of sp³-hybridized carbons (Fsp3) is 0.143. The average molecular weight is 259 g/mol. The number of rotatable bonds is 3. The first-order chi connectivity index (χ1) is 9.02. The Hall–Kier alpha value is -2.40. The van der Waals surface area contributed by atoms with E-state index in [4.69, 9.17) is 22.3 Å². The highest BCUT2D eigenvalue weighted by Crippen LogP contribution is 2.36. The predicted octanol–water partition coefficient (Wildman–Crippen LogP) is 1.34. The Morgan fingerprint density at radius 3 is 2.32 bits per heavy atom. The lowest BCUT2D eigenvalue weighted by molar-refractivity contribution is 0.300. The second-order valence-corrected chi connectivity index (χ2v) is 4.38. The van der Waals surface area contributed by atoms with E-state index in [0.717, 1.165) is 11.1 Å². The van der Waals surface area contributed by atoms with Crippen molar-refractivity contribution in [3.63, 3.8) is 0 Å². The molecule has 0 radical (unpaired) electrons. The highest BCUT2D eigenvalue weighted by Gasteiger charge is 2.13. The van der Waals surface area contributed by atoms with Crippen LogP contribution in [0.1, 0.15) is 5.56 Å². The van der Waals surface area contributed by atoms with Crippen molar-refractivity contribution in [2.45, 2.75) is 6.42 Å². The predicted molar refractivity (Wildman–Crippen MR) is 77.6 cm³/mol. The van der Waals surface area contributed by atoms with Crippen LogP contribution >= 0.6 is 0 Å². The summed E-state index contributed by atoms with van der Waals surface area (Å²) < 4.78 is 0. The Labute approximate surface area is 111 Å². The molecule has 0 amide bonds. The van der Waals surface area contributed by atoms with Crippen LogP contribution in [0, 0.1) is 0 Å². The van der Waals surface area contributed by atoms with E-state index in [0.29, 0.717) is 29.0 Å². The van der Waals surface area contributed by atoms with Crippen LogP contribution in [0.5, 0.6) is 5.75 Å². The maximum absolute atomic E-state index is 9.59. The van der Waals surface area contributed by atoms with Gasteiger partial charge in [0.05, 0.1) is 0 Å². The summed E-state index contributed by atoms with van der Waals surface area (Å²) in [5.41, 5.74) is 21.4. The molecule has 0 bridgehead atoms. The van der Waals surface area contributed by atoms with E-state index in [1.165, 1.54) is 6.07 Å². The summed E-state index contributed by atoms with van der Waals surface area (Å²) in [7, 11) is 0. The third-order valence-electron chi connectivity index (χ3n) is 3.00. The molecule has 2 aromatic rings. The lowest BCUT2D eigenvalue weighted by Crippen LogP contribution is -2.03. The highest BCUT2D eigenvalue weighted by atomic mass is 16.3. The third kappa shape index (κ3) is 2.56. The van der Waals surface area contributed by atoms with Crippen molar-refractivity contribution in [1.82, 2.24) is 0 Å². The molecule has 19 heavy (non-hydrogen) atoms. The molecule has 100 valence electrons. The van der Waals surface area contributed by atoms with Crippen molar-refractivity contribution >= 4 is 17.1 Å². The normalized spacial score (nSPS) is 10.6. The average Bonchev–Trinajstić information content (AvgIpc) is 2.35. The third-order valence-corrected chi connectivity index (χ3v) is 3.00. The summed E-state index contributed by atoms with van der Waals surface area (Å²) in [5.74, 6) is 0.111. The van der Waals surface area contributed by atoms with Crippen molar-refractivity contribution in [3.05, 3.63) is 35.9 Å². The van der Waals surface area contributed by atoms with Gasteiger partial charge in [-0.2, -0.15) is 0 Å². The van der Waals surface area contributed by atoms with Crippen molar-refractivity contribution < 1.29 is 10.2 Å². The molecular formula is C14H17N3O2. The summed E-state index contributed by atoms with van der Waals surface area (Å²) in [4.78, 5) is 0. The van der Waals surface area contributed by atoms with Crippen molar-refractivity contribution in [2.24, 2.45) is 0 Å². The van der Waals surface area contributed by atoms with E-state index in [1.807, 2.05) is 0 Å². The molecule has 0 unspecified atom stereocenters. The summed E-state index contributed by atoms with van der Waals surface area (Å²) in [6.45, 7) is -0.0279. The number of anilines is 3. The van der Waals surface area contributed by atoms with Gasteiger partial charge in [-0.05, 0) is 47.9 Å². The maximum atomic E-state index is 9.59. The molecule has 0 saturated heterocycles.